The Bertz CT molecular complexity index is 248. The van der Waals surface area contributed by atoms with E-state index in [1.54, 1.807) is 6.92 Å². The van der Waals surface area contributed by atoms with Gasteiger partial charge >= 0.3 is 11.9 Å². The maximum absolute atomic E-state index is 10.4. The van der Waals surface area contributed by atoms with Gasteiger partial charge in [-0.05, 0) is 13.0 Å². The Morgan fingerprint density at radius 3 is 2.08 bits per heavy atom. The first kappa shape index (κ1) is 11.2. The number of hydrogen-bond acceptors (Lipinski definition) is 3. The van der Waals surface area contributed by atoms with Gasteiger partial charge in [-0.15, -0.1) is 0 Å². The molecule has 5 heteroatoms. The topological polar surface area (TPSA) is 83.8 Å². The Morgan fingerprint density at radius 1 is 1.38 bits per heavy atom. The minimum Gasteiger partial charge on any atom is -0.493 e. The first-order valence-electron chi connectivity index (χ1n) is 3.50. The van der Waals surface area contributed by atoms with Crippen molar-refractivity contribution in [3.05, 3.63) is 24.0 Å². The number of allylic oxidation sites excluding steroid dienone is 1. The van der Waals surface area contributed by atoms with Gasteiger partial charge < -0.3 is 14.9 Å². The van der Waals surface area contributed by atoms with Crippen molar-refractivity contribution < 1.29 is 24.5 Å². The monoisotopic (exact) mass is 186 g/mol. The maximum atomic E-state index is 10.4. The van der Waals surface area contributed by atoms with Gasteiger partial charge in [0.15, 0.2) is 5.57 Å². The molecule has 0 aliphatic heterocycles. The number of aliphatic carboxylic acids is 2. The molecule has 0 saturated carbocycles. The van der Waals surface area contributed by atoms with Gasteiger partial charge in [0.05, 0.1) is 6.61 Å². The highest BCUT2D eigenvalue weighted by Gasteiger charge is 2.21. The summed E-state index contributed by atoms with van der Waals surface area (Å²) in [4.78, 5) is 20.9. The third-order valence-corrected chi connectivity index (χ3v) is 1.16. The van der Waals surface area contributed by atoms with E-state index in [0.29, 0.717) is 0 Å². The summed E-state index contributed by atoms with van der Waals surface area (Å²) < 4.78 is 4.78. The van der Waals surface area contributed by atoms with Crippen LogP contribution in [0.2, 0.25) is 0 Å². The largest absolute Gasteiger partial charge is 0.493 e. The molecule has 0 bridgehead atoms. The van der Waals surface area contributed by atoms with Crippen LogP contribution >= 0.6 is 0 Å². The second-order valence-electron chi connectivity index (χ2n) is 1.99. The van der Waals surface area contributed by atoms with E-state index in [4.69, 9.17) is 14.9 Å². The maximum Gasteiger partial charge on any atom is 0.346 e. The van der Waals surface area contributed by atoms with E-state index in [1.165, 1.54) is 0 Å². The molecule has 0 aromatic carbocycles. The summed E-state index contributed by atoms with van der Waals surface area (Å²) in [5, 5.41) is 17.0. The Balaban J connectivity index is 5.12. The Hall–Kier alpha value is -1.78. The average molecular weight is 186 g/mol. The van der Waals surface area contributed by atoms with E-state index in [0.717, 1.165) is 6.08 Å². The molecule has 0 amide bonds. The lowest BCUT2D eigenvalue weighted by molar-refractivity contribution is -0.140. The second-order valence-corrected chi connectivity index (χ2v) is 1.99. The average Bonchev–Trinajstić information content (AvgIpc) is 2.02. The minimum atomic E-state index is -1.55. The Kier molecular flexibility index (Phi) is 4.29. The van der Waals surface area contributed by atoms with Crippen LogP contribution in [0.25, 0.3) is 0 Å². The first-order chi connectivity index (χ1) is 6.04. The fraction of sp³-hybridized carbons (Fsp3) is 0.250. The summed E-state index contributed by atoms with van der Waals surface area (Å²) in [5.41, 5.74) is -0.808. The zero-order chi connectivity index (χ0) is 10.4. The van der Waals surface area contributed by atoms with Crippen LogP contribution in [-0.2, 0) is 14.3 Å². The van der Waals surface area contributed by atoms with Gasteiger partial charge in [-0.25, -0.2) is 9.59 Å². The van der Waals surface area contributed by atoms with E-state index in [-0.39, 0.29) is 12.4 Å². The molecule has 0 aromatic rings. The van der Waals surface area contributed by atoms with Gasteiger partial charge in [0.1, 0.15) is 5.76 Å². The predicted octanol–water partition coefficient (Wildman–Crippen LogP) is 0.632. The molecule has 0 aromatic heterocycles. The molecule has 2 N–H and O–H groups in total. The van der Waals surface area contributed by atoms with Crippen LogP contribution in [0, 0.1) is 0 Å². The lowest BCUT2D eigenvalue weighted by Crippen LogP contribution is -2.15. The number of ether oxygens (including phenoxy) is 1. The molecule has 72 valence electrons. The first-order valence-corrected chi connectivity index (χ1v) is 3.50. The molecular formula is C8H10O5. The molecule has 5 nitrogen and oxygen atoms in total. The molecular weight excluding hydrogens is 176 g/mol. The van der Waals surface area contributed by atoms with Crippen LogP contribution in [-0.4, -0.2) is 28.8 Å². The van der Waals surface area contributed by atoms with E-state index >= 15 is 0 Å². The molecule has 0 fully saturated rings. The van der Waals surface area contributed by atoms with Crippen LogP contribution in [0.1, 0.15) is 6.92 Å². The molecule has 0 heterocycles. The molecule has 0 aliphatic rings. The van der Waals surface area contributed by atoms with Crippen LogP contribution in [0.5, 0.6) is 0 Å². The van der Waals surface area contributed by atoms with Crippen LogP contribution in [0.3, 0.4) is 0 Å². The van der Waals surface area contributed by atoms with Crippen molar-refractivity contribution >= 4 is 11.9 Å². The van der Waals surface area contributed by atoms with E-state index < -0.39 is 17.5 Å². The standard InChI is InChI=1S/C8H10O5/c1-3-5(13-4-2)6(7(9)10)8(11)12/h3H,1,4H2,2H3,(H,9,10)(H,11,12). The number of rotatable bonds is 5. The van der Waals surface area contributed by atoms with Crippen molar-refractivity contribution in [2.75, 3.05) is 6.61 Å². The Morgan fingerprint density at radius 2 is 1.85 bits per heavy atom. The van der Waals surface area contributed by atoms with Gasteiger partial charge in [-0.2, -0.15) is 0 Å². The molecule has 0 atom stereocenters. The summed E-state index contributed by atoms with van der Waals surface area (Å²) >= 11 is 0. The third kappa shape index (κ3) is 2.98. The lowest BCUT2D eigenvalue weighted by Gasteiger charge is -2.05. The highest BCUT2D eigenvalue weighted by atomic mass is 16.5. The van der Waals surface area contributed by atoms with Gasteiger partial charge in [-0.3, -0.25) is 0 Å². The van der Waals surface area contributed by atoms with E-state index in [1.807, 2.05) is 0 Å². The van der Waals surface area contributed by atoms with Crippen LogP contribution in [0.15, 0.2) is 24.0 Å². The van der Waals surface area contributed by atoms with Crippen molar-refractivity contribution in [2.45, 2.75) is 6.92 Å². The van der Waals surface area contributed by atoms with Gasteiger partial charge in [0, 0.05) is 0 Å². The zero-order valence-corrected chi connectivity index (χ0v) is 7.11. The fourth-order valence-electron chi connectivity index (χ4n) is 0.691. The lowest BCUT2D eigenvalue weighted by atomic mass is 10.2. The van der Waals surface area contributed by atoms with Crippen molar-refractivity contribution in [1.82, 2.24) is 0 Å². The SMILES string of the molecule is C=CC(OCC)=C(C(=O)O)C(=O)O. The normalized spacial score (nSPS) is 8.69. The van der Waals surface area contributed by atoms with Crippen molar-refractivity contribution in [3.63, 3.8) is 0 Å². The molecule has 0 spiro atoms. The molecule has 0 saturated heterocycles. The summed E-state index contributed by atoms with van der Waals surface area (Å²) in [5.74, 6) is -3.32. The molecule has 13 heavy (non-hydrogen) atoms. The zero-order valence-electron chi connectivity index (χ0n) is 7.11. The molecule has 0 rings (SSSR count). The van der Waals surface area contributed by atoms with E-state index in [9.17, 15) is 9.59 Å². The van der Waals surface area contributed by atoms with Gasteiger partial charge in [-0.1, -0.05) is 6.58 Å². The van der Waals surface area contributed by atoms with Crippen molar-refractivity contribution in [3.8, 4) is 0 Å². The quantitative estimate of drug-likeness (QED) is 0.216. The second kappa shape index (κ2) is 4.97. The number of carboxylic acid groups (broad SMARTS) is 2. The highest BCUT2D eigenvalue weighted by molar-refractivity contribution is 6.13. The van der Waals surface area contributed by atoms with Crippen LogP contribution in [0.4, 0.5) is 0 Å². The van der Waals surface area contributed by atoms with Gasteiger partial charge in [0.2, 0.25) is 0 Å². The van der Waals surface area contributed by atoms with E-state index in [2.05, 4.69) is 6.58 Å². The van der Waals surface area contributed by atoms with Crippen LogP contribution < -0.4 is 0 Å². The third-order valence-electron chi connectivity index (χ3n) is 1.16. The van der Waals surface area contributed by atoms with Crippen molar-refractivity contribution in [2.24, 2.45) is 0 Å². The number of hydrogen-bond donors (Lipinski definition) is 2. The highest BCUT2D eigenvalue weighted by Crippen LogP contribution is 2.08. The number of carbonyl (C=O) groups is 2. The number of carboxylic acids is 2. The van der Waals surface area contributed by atoms with Gasteiger partial charge in [0.25, 0.3) is 0 Å². The molecule has 0 radical (unpaired) electrons. The molecule has 0 aliphatic carbocycles. The summed E-state index contributed by atoms with van der Waals surface area (Å²) in [7, 11) is 0. The minimum absolute atomic E-state index is 0.186. The summed E-state index contributed by atoms with van der Waals surface area (Å²) in [6, 6.07) is 0. The molecule has 0 unspecified atom stereocenters. The summed E-state index contributed by atoms with van der Waals surface area (Å²) in [6.07, 6.45) is 1.06. The van der Waals surface area contributed by atoms with Crippen molar-refractivity contribution in [1.29, 1.82) is 0 Å². The summed E-state index contributed by atoms with van der Waals surface area (Å²) in [6.45, 7) is 5.06. The predicted molar refractivity (Wildman–Crippen MR) is 44.1 cm³/mol. The fourth-order valence-corrected chi connectivity index (χ4v) is 0.691. The smallest absolute Gasteiger partial charge is 0.346 e. The Labute approximate surface area is 74.9 Å².